The summed E-state index contributed by atoms with van der Waals surface area (Å²) < 4.78 is 19.3. The number of pyridine rings is 1. The van der Waals surface area contributed by atoms with E-state index in [9.17, 15) is 9.18 Å². The number of rotatable bonds is 7. The molecule has 2 heterocycles. The van der Waals surface area contributed by atoms with E-state index in [1.165, 1.54) is 12.3 Å². The molecule has 0 saturated heterocycles. The largest absolute Gasteiger partial charge is 0.441 e. The molecule has 1 aromatic carbocycles. The molecule has 3 aromatic rings. The summed E-state index contributed by atoms with van der Waals surface area (Å²) in [7, 11) is 0. The predicted molar refractivity (Wildman–Crippen MR) is 91.2 cm³/mol. The highest BCUT2D eigenvalue weighted by Crippen LogP contribution is 2.23. The second kappa shape index (κ2) is 8.19. The van der Waals surface area contributed by atoms with E-state index in [1.54, 1.807) is 24.4 Å². The molecule has 25 heavy (non-hydrogen) atoms. The topological polar surface area (TPSA) is 68.0 Å². The van der Waals surface area contributed by atoms with Crippen molar-refractivity contribution in [1.29, 1.82) is 0 Å². The third-order valence-electron chi connectivity index (χ3n) is 3.69. The molecule has 0 bridgehead atoms. The summed E-state index contributed by atoms with van der Waals surface area (Å²) in [6, 6.07) is 12.0. The molecular formula is C19H18FN3O2. The van der Waals surface area contributed by atoms with Gasteiger partial charge in [0.1, 0.15) is 5.82 Å². The van der Waals surface area contributed by atoms with Gasteiger partial charge in [-0.2, -0.15) is 0 Å². The first-order chi connectivity index (χ1) is 12.2. The van der Waals surface area contributed by atoms with Crippen LogP contribution in [0.2, 0.25) is 0 Å². The molecule has 1 N–H and O–H groups in total. The number of halogens is 1. The van der Waals surface area contributed by atoms with Gasteiger partial charge in [0.2, 0.25) is 5.91 Å². The molecule has 5 nitrogen and oxygen atoms in total. The lowest BCUT2D eigenvalue weighted by Crippen LogP contribution is -2.26. The first-order valence-corrected chi connectivity index (χ1v) is 8.08. The van der Waals surface area contributed by atoms with Crippen molar-refractivity contribution in [3.8, 4) is 11.3 Å². The first kappa shape index (κ1) is 16.8. The third kappa shape index (κ3) is 4.73. The smallest absolute Gasteiger partial charge is 0.220 e. The molecule has 0 saturated carbocycles. The van der Waals surface area contributed by atoms with E-state index in [2.05, 4.69) is 15.3 Å². The maximum absolute atomic E-state index is 13.7. The number of oxazole rings is 1. The number of amides is 1. The zero-order valence-corrected chi connectivity index (χ0v) is 13.6. The van der Waals surface area contributed by atoms with Gasteiger partial charge >= 0.3 is 0 Å². The van der Waals surface area contributed by atoms with Gasteiger partial charge in [-0.25, -0.2) is 9.37 Å². The maximum Gasteiger partial charge on any atom is 0.220 e. The number of hydrogen-bond acceptors (Lipinski definition) is 4. The van der Waals surface area contributed by atoms with Crippen molar-refractivity contribution in [3.63, 3.8) is 0 Å². The van der Waals surface area contributed by atoms with Gasteiger partial charge in [-0.1, -0.05) is 18.2 Å². The fourth-order valence-electron chi connectivity index (χ4n) is 2.40. The molecule has 128 valence electrons. The van der Waals surface area contributed by atoms with Crippen LogP contribution in [0.4, 0.5) is 4.39 Å². The van der Waals surface area contributed by atoms with Gasteiger partial charge in [-0.05, 0) is 24.3 Å². The van der Waals surface area contributed by atoms with Crippen LogP contribution in [-0.4, -0.2) is 22.4 Å². The number of carbonyl (C=O) groups excluding carboxylic acids is 1. The summed E-state index contributed by atoms with van der Waals surface area (Å²) in [5.74, 6) is 0.334. The number of aryl methyl sites for hydroxylation is 1. The van der Waals surface area contributed by atoms with E-state index >= 15 is 0 Å². The predicted octanol–water partition coefficient (Wildman–Crippen LogP) is 3.17. The van der Waals surface area contributed by atoms with Crippen LogP contribution in [0.5, 0.6) is 0 Å². The Balaban J connectivity index is 1.46. The Morgan fingerprint density at radius 3 is 2.72 bits per heavy atom. The van der Waals surface area contributed by atoms with Crippen molar-refractivity contribution >= 4 is 5.91 Å². The van der Waals surface area contributed by atoms with Gasteiger partial charge in [0, 0.05) is 37.7 Å². The van der Waals surface area contributed by atoms with Crippen LogP contribution in [0, 0.1) is 5.82 Å². The van der Waals surface area contributed by atoms with Crippen molar-refractivity contribution < 1.29 is 13.6 Å². The van der Waals surface area contributed by atoms with Crippen LogP contribution in [0.15, 0.2) is 59.3 Å². The highest BCUT2D eigenvalue weighted by atomic mass is 19.1. The van der Waals surface area contributed by atoms with Crippen LogP contribution in [0.1, 0.15) is 18.0 Å². The summed E-state index contributed by atoms with van der Waals surface area (Å²) in [5.41, 5.74) is 1.30. The summed E-state index contributed by atoms with van der Waals surface area (Å²) in [5, 5.41) is 2.84. The molecule has 0 unspecified atom stereocenters. The summed E-state index contributed by atoms with van der Waals surface area (Å²) in [6.45, 7) is 0.530. The monoisotopic (exact) mass is 339 g/mol. The SMILES string of the molecule is O=C(CCc1ncc(-c2ccccc2F)o1)NCCc1ccccn1. The Hall–Kier alpha value is -3.02. The minimum absolute atomic E-state index is 0.0819. The highest BCUT2D eigenvalue weighted by molar-refractivity contribution is 5.76. The highest BCUT2D eigenvalue weighted by Gasteiger charge is 2.11. The van der Waals surface area contributed by atoms with Crippen molar-refractivity contribution in [1.82, 2.24) is 15.3 Å². The zero-order valence-electron chi connectivity index (χ0n) is 13.6. The second-order valence-electron chi connectivity index (χ2n) is 5.52. The molecule has 6 heteroatoms. The molecule has 0 aliphatic heterocycles. The van der Waals surface area contributed by atoms with Crippen molar-refractivity contribution in [2.45, 2.75) is 19.3 Å². The van der Waals surface area contributed by atoms with Crippen LogP contribution in [0.25, 0.3) is 11.3 Å². The number of benzene rings is 1. The Kier molecular flexibility index (Phi) is 5.51. The van der Waals surface area contributed by atoms with Gasteiger partial charge in [-0.15, -0.1) is 0 Å². The Morgan fingerprint density at radius 1 is 1.08 bits per heavy atom. The normalized spacial score (nSPS) is 10.6. The van der Waals surface area contributed by atoms with Gasteiger partial charge in [0.25, 0.3) is 0 Å². The molecular weight excluding hydrogens is 321 g/mol. The Morgan fingerprint density at radius 2 is 1.92 bits per heavy atom. The number of aromatic nitrogens is 2. The zero-order chi connectivity index (χ0) is 17.5. The lowest BCUT2D eigenvalue weighted by molar-refractivity contribution is -0.121. The number of nitrogens with zero attached hydrogens (tertiary/aromatic N) is 2. The third-order valence-corrected chi connectivity index (χ3v) is 3.69. The minimum Gasteiger partial charge on any atom is -0.441 e. The number of carbonyl (C=O) groups is 1. The average molecular weight is 339 g/mol. The fraction of sp³-hybridized carbons (Fsp3) is 0.211. The van der Waals surface area contributed by atoms with Crippen LogP contribution in [0.3, 0.4) is 0 Å². The molecule has 3 rings (SSSR count). The average Bonchev–Trinajstić information content (AvgIpc) is 3.10. The van der Waals surface area contributed by atoms with E-state index in [0.29, 0.717) is 36.6 Å². The Labute approximate surface area is 144 Å². The van der Waals surface area contributed by atoms with Gasteiger partial charge in [-0.3, -0.25) is 9.78 Å². The van der Waals surface area contributed by atoms with Crippen molar-refractivity contribution in [2.75, 3.05) is 6.54 Å². The molecule has 0 atom stereocenters. The van der Waals surface area contributed by atoms with E-state index < -0.39 is 0 Å². The molecule has 0 aliphatic carbocycles. The second-order valence-corrected chi connectivity index (χ2v) is 5.52. The summed E-state index contributed by atoms with van der Waals surface area (Å²) >= 11 is 0. The molecule has 0 spiro atoms. The van der Waals surface area contributed by atoms with Crippen molar-refractivity contribution in [2.24, 2.45) is 0 Å². The van der Waals surface area contributed by atoms with Crippen molar-refractivity contribution in [3.05, 3.63) is 72.3 Å². The first-order valence-electron chi connectivity index (χ1n) is 8.08. The van der Waals surface area contributed by atoms with Crippen LogP contribution in [-0.2, 0) is 17.6 Å². The van der Waals surface area contributed by atoms with Crippen LogP contribution < -0.4 is 5.32 Å². The van der Waals surface area contributed by atoms with E-state index in [0.717, 1.165) is 5.69 Å². The number of nitrogens with one attached hydrogen (secondary N) is 1. The van der Waals surface area contributed by atoms with Gasteiger partial charge in [0.15, 0.2) is 11.7 Å². The summed E-state index contributed by atoms with van der Waals surface area (Å²) in [4.78, 5) is 20.2. The quantitative estimate of drug-likeness (QED) is 0.718. The van der Waals surface area contributed by atoms with E-state index in [1.807, 2.05) is 18.2 Å². The molecule has 2 aromatic heterocycles. The van der Waals surface area contributed by atoms with Crippen LogP contribution >= 0.6 is 0 Å². The van der Waals surface area contributed by atoms with Gasteiger partial charge in [0.05, 0.1) is 11.8 Å². The maximum atomic E-state index is 13.7. The van der Waals surface area contributed by atoms with E-state index in [-0.39, 0.29) is 18.1 Å². The van der Waals surface area contributed by atoms with Gasteiger partial charge < -0.3 is 9.73 Å². The fourth-order valence-corrected chi connectivity index (χ4v) is 2.40. The molecule has 0 aliphatic rings. The number of hydrogen-bond donors (Lipinski definition) is 1. The lowest BCUT2D eigenvalue weighted by atomic mass is 10.2. The molecule has 0 radical (unpaired) electrons. The molecule has 1 amide bonds. The Bertz CT molecular complexity index is 833. The summed E-state index contributed by atoms with van der Waals surface area (Å²) in [6.07, 6.45) is 4.52. The minimum atomic E-state index is -0.363. The standard InChI is InChI=1S/C19H18FN3O2/c20-16-7-2-1-6-15(16)17-13-23-19(25-17)9-8-18(24)22-12-10-14-5-3-4-11-21-14/h1-7,11,13H,8-10,12H2,(H,22,24). The lowest BCUT2D eigenvalue weighted by Gasteiger charge is -2.04. The van der Waals surface area contributed by atoms with E-state index in [4.69, 9.17) is 4.42 Å². The molecule has 0 fully saturated rings.